The molecule has 0 unspecified atom stereocenters. The highest BCUT2D eigenvalue weighted by molar-refractivity contribution is 5.93. The van der Waals surface area contributed by atoms with Gasteiger partial charge in [-0.15, -0.1) is 11.8 Å². The van der Waals surface area contributed by atoms with E-state index in [1.165, 1.54) is 6.26 Å². The number of ether oxygens (including phenoxy) is 1. The van der Waals surface area contributed by atoms with Gasteiger partial charge >= 0.3 is 0 Å². The largest absolute Gasteiger partial charge is 0.500 e. The Kier molecular flexibility index (Phi) is 3.90. The highest BCUT2D eigenvalue weighted by atomic mass is 16.5. The molecular formula is C10H13NO2. The molecule has 0 aromatic heterocycles. The zero-order valence-electron chi connectivity index (χ0n) is 7.72. The standard InChI is InChI=1S/C10H13NO2/c1-2-3-4-6-11-10(12)9-5-7-13-8-9/h8H,4-7H2,1H3,(H,11,12). The average molecular weight is 179 g/mol. The Balaban J connectivity index is 2.20. The van der Waals surface area contributed by atoms with Gasteiger partial charge in [0.05, 0.1) is 18.4 Å². The van der Waals surface area contributed by atoms with Crippen molar-refractivity contribution in [2.24, 2.45) is 0 Å². The van der Waals surface area contributed by atoms with Gasteiger partial charge < -0.3 is 10.1 Å². The van der Waals surface area contributed by atoms with Crippen molar-refractivity contribution in [2.45, 2.75) is 19.8 Å². The molecule has 1 amide bonds. The van der Waals surface area contributed by atoms with Crippen LogP contribution in [0.4, 0.5) is 0 Å². The summed E-state index contributed by atoms with van der Waals surface area (Å²) < 4.78 is 4.95. The third kappa shape index (κ3) is 3.20. The Bertz CT molecular complexity index is 270. The van der Waals surface area contributed by atoms with Crippen LogP contribution in [0.15, 0.2) is 11.8 Å². The van der Waals surface area contributed by atoms with Crippen LogP contribution in [0.2, 0.25) is 0 Å². The van der Waals surface area contributed by atoms with Crippen LogP contribution in [0.5, 0.6) is 0 Å². The molecule has 3 heteroatoms. The molecule has 0 aromatic rings. The van der Waals surface area contributed by atoms with Crippen LogP contribution < -0.4 is 5.32 Å². The van der Waals surface area contributed by atoms with Crippen molar-refractivity contribution >= 4 is 5.91 Å². The summed E-state index contributed by atoms with van der Waals surface area (Å²) in [7, 11) is 0. The van der Waals surface area contributed by atoms with Gasteiger partial charge in [0.25, 0.3) is 0 Å². The molecule has 0 saturated heterocycles. The summed E-state index contributed by atoms with van der Waals surface area (Å²) in [4.78, 5) is 11.3. The van der Waals surface area contributed by atoms with Crippen molar-refractivity contribution in [1.29, 1.82) is 0 Å². The number of amides is 1. The van der Waals surface area contributed by atoms with Gasteiger partial charge in [0, 0.05) is 19.4 Å². The van der Waals surface area contributed by atoms with E-state index >= 15 is 0 Å². The lowest BCUT2D eigenvalue weighted by Gasteiger charge is -2.00. The Labute approximate surface area is 78.2 Å². The molecule has 0 aromatic carbocycles. The molecular weight excluding hydrogens is 166 g/mol. The van der Waals surface area contributed by atoms with E-state index in [9.17, 15) is 4.79 Å². The molecule has 0 aliphatic carbocycles. The molecule has 70 valence electrons. The highest BCUT2D eigenvalue weighted by Crippen LogP contribution is 2.09. The molecule has 13 heavy (non-hydrogen) atoms. The molecule has 0 radical (unpaired) electrons. The van der Waals surface area contributed by atoms with Crippen molar-refractivity contribution in [3.63, 3.8) is 0 Å². The molecule has 1 rings (SSSR count). The van der Waals surface area contributed by atoms with Gasteiger partial charge in [0.15, 0.2) is 0 Å². The lowest BCUT2D eigenvalue weighted by Crippen LogP contribution is -2.25. The quantitative estimate of drug-likeness (QED) is 0.514. The molecule has 1 aliphatic rings. The van der Waals surface area contributed by atoms with Crippen LogP contribution in [0.25, 0.3) is 0 Å². The van der Waals surface area contributed by atoms with Crippen molar-refractivity contribution in [1.82, 2.24) is 5.32 Å². The second kappa shape index (κ2) is 5.26. The normalized spacial score (nSPS) is 13.8. The maximum absolute atomic E-state index is 11.3. The molecule has 0 atom stereocenters. The van der Waals surface area contributed by atoms with Crippen LogP contribution >= 0.6 is 0 Å². The fourth-order valence-corrected chi connectivity index (χ4v) is 1.03. The van der Waals surface area contributed by atoms with Gasteiger partial charge in [-0.2, -0.15) is 0 Å². The molecule has 3 nitrogen and oxygen atoms in total. The Morgan fingerprint density at radius 2 is 2.62 bits per heavy atom. The van der Waals surface area contributed by atoms with Crippen LogP contribution in [-0.2, 0) is 9.53 Å². The zero-order chi connectivity index (χ0) is 9.52. The predicted molar refractivity (Wildman–Crippen MR) is 49.7 cm³/mol. The number of hydrogen-bond acceptors (Lipinski definition) is 2. The highest BCUT2D eigenvalue weighted by Gasteiger charge is 2.13. The average Bonchev–Trinajstić information content (AvgIpc) is 2.65. The monoisotopic (exact) mass is 179 g/mol. The topological polar surface area (TPSA) is 38.3 Å². The zero-order valence-corrected chi connectivity index (χ0v) is 7.72. The van der Waals surface area contributed by atoms with Gasteiger partial charge in [-0.3, -0.25) is 4.79 Å². The fraction of sp³-hybridized carbons (Fsp3) is 0.500. The fourth-order valence-electron chi connectivity index (χ4n) is 1.03. The van der Waals surface area contributed by atoms with Crippen molar-refractivity contribution in [3.8, 4) is 11.8 Å². The minimum atomic E-state index is -0.0320. The molecule has 0 bridgehead atoms. The Hall–Kier alpha value is -1.43. The summed E-state index contributed by atoms with van der Waals surface area (Å²) in [5.41, 5.74) is 0.726. The maximum atomic E-state index is 11.3. The lowest BCUT2D eigenvalue weighted by molar-refractivity contribution is -0.117. The summed E-state index contributed by atoms with van der Waals surface area (Å²) in [6.07, 6.45) is 2.95. The van der Waals surface area contributed by atoms with Gasteiger partial charge in [0.1, 0.15) is 0 Å². The summed E-state index contributed by atoms with van der Waals surface area (Å²) in [6.45, 7) is 3.02. The van der Waals surface area contributed by atoms with Gasteiger partial charge in [-0.25, -0.2) is 0 Å². The van der Waals surface area contributed by atoms with E-state index in [2.05, 4.69) is 17.2 Å². The molecule has 0 fully saturated rings. The number of rotatable bonds is 3. The summed E-state index contributed by atoms with van der Waals surface area (Å²) in [5, 5.41) is 2.77. The van der Waals surface area contributed by atoms with Crippen LogP contribution in [0.3, 0.4) is 0 Å². The first-order valence-corrected chi connectivity index (χ1v) is 4.33. The minimum Gasteiger partial charge on any atom is -0.500 e. The number of carbonyl (C=O) groups is 1. The SMILES string of the molecule is CC#CCCNC(=O)C1=COCC1. The Morgan fingerprint density at radius 3 is 3.23 bits per heavy atom. The molecule has 1 N–H and O–H groups in total. The molecule has 1 aliphatic heterocycles. The first-order chi connectivity index (χ1) is 6.34. The summed E-state index contributed by atoms with van der Waals surface area (Å²) in [6, 6.07) is 0. The lowest BCUT2D eigenvalue weighted by atomic mass is 10.2. The van der Waals surface area contributed by atoms with E-state index < -0.39 is 0 Å². The van der Waals surface area contributed by atoms with Gasteiger partial charge in [-0.1, -0.05) is 0 Å². The second-order valence-corrected chi connectivity index (χ2v) is 2.70. The van der Waals surface area contributed by atoms with Crippen molar-refractivity contribution in [2.75, 3.05) is 13.2 Å². The van der Waals surface area contributed by atoms with Crippen LogP contribution in [-0.4, -0.2) is 19.1 Å². The first-order valence-electron chi connectivity index (χ1n) is 4.33. The van der Waals surface area contributed by atoms with Crippen molar-refractivity contribution < 1.29 is 9.53 Å². The van der Waals surface area contributed by atoms with E-state index in [1.54, 1.807) is 6.92 Å². The second-order valence-electron chi connectivity index (χ2n) is 2.70. The number of hydrogen-bond donors (Lipinski definition) is 1. The van der Waals surface area contributed by atoms with Gasteiger partial charge in [-0.05, 0) is 6.92 Å². The Morgan fingerprint density at radius 1 is 1.77 bits per heavy atom. The van der Waals surface area contributed by atoms with E-state index in [0.29, 0.717) is 26.0 Å². The molecule has 0 saturated carbocycles. The van der Waals surface area contributed by atoms with E-state index in [4.69, 9.17) is 4.74 Å². The third-order valence-electron chi connectivity index (χ3n) is 1.72. The van der Waals surface area contributed by atoms with Crippen LogP contribution in [0, 0.1) is 11.8 Å². The van der Waals surface area contributed by atoms with E-state index in [1.807, 2.05) is 0 Å². The van der Waals surface area contributed by atoms with E-state index in [0.717, 1.165) is 5.57 Å². The van der Waals surface area contributed by atoms with Gasteiger partial charge in [0.2, 0.25) is 5.91 Å². The summed E-state index contributed by atoms with van der Waals surface area (Å²) in [5.74, 6) is 5.62. The summed E-state index contributed by atoms with van der Waals surface area (Å²) >= 11 is 0. The predicted octanol–water partition coefficient (Wildman–Crippen LogP) is 0.820. The molecule has 1 heterocycles. The van der Waals surface area contributed by atoms with E-state index in [-0.39, 0.29) is 5.91 Å². The first kappa shape index (κ1) is 9.66. The number of nitrogens with one attached hydrogen (secondary N) is 1. The number of carbonyl (C=O) groups excluding carboxylic acids is 1. The molecule has 0 spiro atoms. The van der Waals surface area contributed by atoms with Crippen LogP contribution in [0.1, 0.15) is 19.8 Å². The third-order valence-corrected chi connectivity index (χ3v) is 1.72. The maximum Gasteiger partial charge on any atom is 0.250 e. The smallest absolute Gasteiger partial charge is 0.250 e. The minimum absolute atomic E-state index is 0.0320. The van der Waals surface area contributed by atoms with Crippen molar-refractivity contribution in [3.05, 3.63) is 11.8 Å².